The lowest BCUT2D eigenvalue weighted by Crippen LogP contribution is -2.44. The van der Waals surface area contributed by atoms with E-state index in [1.807, 2.05) is 18.3 Å². The fraction of sp³-hybridized carbons (Fsp3) is 0.529. The smallest absolute Gasteiger partial charge is 0.225 e. The van der Waals surface area contributed by atoms with Crippen LogP contribution in [0.3, 0.4) is 0 Å². The molecule has 1 fully saturated rings. The van der Waals surface area contributed by atoms with Gasteiger partial charge in [0, 0.05) is 30.7 Å². The second-order valence-corrected chi connectivity index (χ2v) is 5.82. The molecule has 0 bridgehead atoms. The van der Waals surface area contributed by atoms with Crippen LogP contribution in [0.25, 0.3) is 10.9 Å². The molecular formula is C17H24N4. The van der Waals surface area contributed by atoms with E-state index in [-0.39, 0.29) is 0 Å². The van der Waals surface area contributed by atoms with Gasteiger partial charge in [-0.25, -0.2) is 9.97 Å². The Bertz CT molecular complexity index is 578. The lowest BCUT2D eigenvalue weighted by molar-refractivity contribution is 0.397. The summed E-state index contributed by atoms with van der Waals surface area (Å²) in [7, 11) is 0. The van der Waals surface area contributed by atoms with Crippen molar-refractivity contribution < 1.29 is 0 Å². The first-order valence-electron chi connectivity index (χ1n) is 8.07. The Labute approximate surface area is 126 Å². The third-order valence-electron chi connectivity index (χ3n) is 4.11. The molecule has 2 aromatic rings. The van der Waals surface area contributed by atoms with Crippen LogP contribution in [0, 0.1) is 0 Å². The molecule has 1 unspecified atom stereocenters. The molecule has 21 heavy (non-hydrogen) atoms. The standard InChI is InChI=1S/C17H24N4/c1-2-11-21(13-15-8-5-6-10-18-15)17-19-12-14-7-3-4-9-16(14)20-17/h3-4,7,9,12,15,18H,2,5-6,8,10-11,13H2,1H3. The Morgan fingerprint density at radius 1 is 1.29 bits per heavy atom. The zero-order chi connectivity index (χ0) is 14.5. The van der Waals surface area contributed by atoms with Crippen molar-refractivity contribution >= 4 is 16.9 Å². The molecule has 0 spiro atoms. The summed E-state index contributed by atoms with van der Waals surface area (Å²) in [5.41, 5.74) is 1.03. The predicted octanol–water partition coefficient (Wildman–Crippen LogP) is 2.99. The van der Waals surface area contributed by atoms with Gasteiger partial charge in [0.1, 0.15) is 0 Å². The quantitative estimate of drug-likeness (QED) is 0.916. The Balaban J connectivity index is 1.80. The molecule has 4 heteroatoms. The maximum Gasteiger partial charge on any atom is 0.225 e. The highest BCUT2D eigenvalue weighted by molar-refractivity contribution is 5.78. The van der Waals surface area contributed by atoms with Gasteiger partial charge in [-0.15, -0.1) is 0 Å². The maximum absolute atomic E-state index is 4.75. The van der Waals surface area contributed by atoms with E-state index >= 15 is 0 Å². The van der Waals surface area contributed by atoms with Crippen LogP contribution in [0.1, 0.15) is 32.6 Å². The van der Waals surface area contributed by atoms with Gasteiger partial charge in [-0.3, -0.25) is 0 Å². The van der Waals surface area contributed by atoms with Crippen molar-refractivity contribution in [2.45, 2.75) is 38.6 Å². The van der Waals surface area contributed by atoms with Gasteiger partial charge in [0.05, 0.1) is 5.52 Å². The van der Waals surface area contributed by atoms with E-state index in [1.165, 1.54) is 19.3 Å². The molecule has 0 saturated carbocycles. The van der Waals surface area contributed by atoms with Crippen molar-refractivity contribution in [3.8, 4) is 0 Å². The number of rotatable bonds is 5. The van der Waals surface area contributed by atoms with Crippen LogP contribution < -0.4 is 10.2 Å². The molecule has 1 aromatic heterocycles. The van der Waals surface area contributed by atoms with E-state index in [0.29, 0.717) is 6.04 Å². The summed E-state index contributed by atoms with van der Waals surface area (Å²) in [6.45, 7) is 5.37. The minimum absolute atomic E-state index is 0.570. The van der Waals surface area contributed by atoms with Gasteiger partial charge in [0.25, 0.3) is 0 Å². The van der Waals surface area contributed by atoms with Crippen molar-refractivity contribution in [1.82, 2.24) is 15.3 Å². The molecule has 0 amide bonds. The molecular weight excluding hydrogens is 260 g/mol. The van der Waals surface area contributed by atoms with E-state index in [2.05, 4.69) is 34.3 Å². The van der Waals surface area contributed by atoms with Gasteiger partial charge < -0.3 is 10.2 Å². The monoisotopic (exact) mass is 284 g/mol. The number of hydrogen-bond donors (Lipinski definition) is 1. The Hall–Kier alpha value is -1.68. The Morgan fingerprint density at radius 2 is 2.19 bits per heavy atom. The molecule has 1 saturated heterocycles. The third-order valence-corrected chi connectivity index (χ3v) is 4.11. The van der Waals surface area contributed by atoms with Crippen molar-refractivity contribution in [3.63, 3.8) is 0 Å². The van der Waals surface area contributed by atoms with Gasteiger partial charge in [-0.2, -0.15) is 0 Å². The van der Waals surface area contributed by atoms with Gasteiger partial charge in [0.2, 0.25) is 5.95 Å². The number of anilines is 1. The molecule has 1 aliphatic rings. The third kappa shape index (κ3) is 3.50. The Morgan fingerprint density at radius 3 is 3.00 bits per heavy atom. The van der Waals surface area contributed by atoms with E-state index in [4.69, 9.17) is 4.98 Å². The SMILES string of the molecule is CCCN(CC1CCCCN1)c1ncc2ccccc2n1. The Kier molecular flexibility index (Phi) is 4.65. The minimum atomic E-state index is 0.570. The highest BCUT2D eigenvalue weighted by atomic mass is 15.3. The zero-order valence-electron chi connectivity index (χ0n) is 12.8. The van der Waals surface area contributed by atoms with Crippen LogP contribution in [-0.4, -0.2) is 35.6 Å². The van der Waals surface area contributed by atoms with E-state index in [9.17, 15) is 0 Å². The number of nitrogens with zero attached hydrogens (tertiary/aromatic N) is 3. The topological polar surface area (TPSA) is 41.0 Å². The average molecular weight is 284 g/mol. The normalized spacial score (nSPS) is 18.8. The summed E-state index contributed by atoms with van der Waals surface area (Å²) < 4.78 is 0. The largest absolute Gasteiger partial charge is 0.339 e. The van der Waals surface area contributed by atoms with E-state index < -0.39 is 0 Å². The van der Waals surface area contributed by atoms with Gasteiger partial charge in [-0.05, 0) is 31.9 Å². The van der Waals surface area contributed by atoms with E-state index in [1.54, 1.807) is 0 Å². The number of fused-ring (bicyclic) bond motifs is 1. The highest BCUT2D eigenvalue weighted by Crippen LogP contribution is 2.17. The zero-order valence-corrected chi connectivity index (χ0v) is 12.8. The molecule has 2 heterocycles. The summed E-state index contributed by atoms with van der Waals surface area (Å²) >= 11 is 0. The van der Waals surface area contributed by atoms with Crippen LogP contribution in [0.2, 0.25) is 0 Å². The van der Waals surface area contributed by atoms with Gasteiger partial charge in [-0.1, -0.05) is 31.5 Å². The predicted molar refractivity (Wildman–Crippen MR) is 87.7 cm³/mol. The van der Waals surface area contributed by atoms with Crippen LogP contribution in [0.4, 0.5) is 5.95 Å². The first kappa shape index (κ1) is 14.3. The summed E-state index contributed by atoms with van der Waals surface area (Å²) in [5, 5.41) is 4.72. The average Bonchev–Trinajstić information content (AvgIpc) is 2.55. The second kappa shape index (κ2) is 6.85. The highest BCUT2D eigenvalue weighted by Gasteiger charge is 2.18. The number of benzene rings is 1. The molecule has 1 N–H and O–H groups in total. The van der Waals surface area contributed by atoms with Crippen molar-refractivity contribution in [2.75, 3.05) is 24.5 Å². The fourth-order valence-electron chi connectivity index (χ4n) is 3.00. The lowest BCUT2D eigenvalue weighted by atomic mass is 10.0. The summed E-state index contributed by atoms with van der Waals surface area (Å²) in [5.74, 6) is 0.864. The number of nitrogens with one attached hydrogen (secondary N) is 1. The molecule has 1 aliphatic heterocycles. The number of aromatic nitrogens is 2. The molecule has 0 aliphatic carbocycles. The minimum Gasteiger partial charge on any atom is -0.339 e. The van der Waals surface area contributed by atoms with Gasteiger partial charge in [0.15, 0.2) is 0 Å². The van der Waals surface area contributed by atoms with Crippen LogP contribution in [-0.2, 0) is 0 Å². The number of hydrogen-bond acceptors (Lipinski definition) is 4. The summed E-state index contributed by atoms with van der Waals surface area (Å²) in [4.78, 5) is 11.7. The molecule has 1 atom stereocenters. The molecule has 1 aromatic carbocycles. The van der Waals surface area contributed by atoms with Crippen LogP contribution >= 0.6 is 0 Å². The molecule has 112 valence electrons. The van der Waals surface area contributed by atoms with Crippen molar-refractivity contribution in [3.05, 3.63) is 30.5 Å². The van der Waals surface area contributed by atoms with Crippen LogP contribution in [0.15, 0.2) is 30.5 Å². The number of para-hydroxylation sites is 1. The first-order valence-corrected chi connectivity index (χ1v) is 8.07. The summed E-state index contributed by atoms with van der Waals surface area (Å²) in [6.07, 6.45) is 6.94. The molecule has 3 rings (SSSR count). The van der Waals surface area contributed by atoms with Gasteiger partial charge >= 0.3 is 0 Å². The fourth-order valence-corrected chi connectivity index (χ4v) is 3.00. The van der Waals surface area contributed by atoms with Crippen LogP contribution in [0.5, 0.6) is 0 Å². The summed E-state index contributed by atoms with van der Waals surface area (Å²) in [6, 6.07) is 8.75. The maximum atomic E-state index is 4.75. The van der Waals surface area contributed by atoms with Crippen molar-refractivity contribution in [2.24, 2.45) is 0 Å². The molecule has 0 radical (unpaired) electrons. The molecule has 4 nitrogen and oxygen atoms in total. The van der Waals surface area contributed by atoms with E-state index in [0.717, 1.165) is 42.9 Å². The first-order chi connectivity index (χ1) is 10.4. The second-order valence-electron chi connectivity index (χ2n) is 5.82. The number of piperidine rings is 1. The van der Waals surface area contributed by atoms with Crippen molar-refractivity contribution in [1.29, 1.82) is 0 Å². The lowest BCUT2D eigenvalue weighted by Gasteiger charge is -2.30.